The summed E-state index contributed by atoms with van der Waals surface area (Å²) in [6.45, 7) is 1.15. The van der Waals surface area contributed by atoms with Crippen LogP contribution in [0.15, 0.2) is 41.3 Å². The molecule has 0 atom stereocenters. The number of nitrogens with zero attached hydrogens (tertiary/aromatic N) is 1. The summed E-state index contributed by atoms with van der Waals surface area (Å²) in [7, 11) is -2.25. The molecule has 0 unspecified atom stereocenters. The largest absolute Gasteiger partial charge is 0.496 e. The van der Waals surface area contributed by atoms with Crippen molar-refractivity contribution in [2.45, 2.75) is 37.1 Å². The maximum absolute atomic E-state index is 13.1. The number of hydrogen-bond acceptors (Lipinski definition) is 4. The Kier molecular flexibility index (Phi) is 7.63. The molecule has 2 aromatic carbocycles. The second-order valence-corrected chi connectivity index (χ2v) is 9.88. The minimum Gasteiger partial charge on any atom is -0.496 e. The van der Waals surface area contributed by atoms with E-state index in [1.807, 2.05) is 0 Å². The lowest BCUT2D eigenvalue weighted by Crippen LogP contribution is -2.32. The van der Waals surface area contributed by atoms with E-state index in [4.69, 9.17) is 27.9 Å². The molecule has 0 spiro atoms. The van der Waals surface area contributed by atoms with Crippen molar-refractivity contribution in [3.05, 3.63) is 57.6 Å². The number of ether oxygens (including phenoxy) is 1. The summed E-state index contributed by atoms with van der Waals surface area (Å²) in [5.74, 6) is -0.157. The van der Waals surface area contributed by atoms with Crippen LogP contribution < -0.4 is 10.1 Å². The Labute approximate surface area is 187 Å². The molecular formula is C21H24Cl2N2O4S. The third-order valence-electron chi connectivity index (χ3n) is 5.07. The van der Waals surface area contributed by atoms with Crippen LogP contribution in [-0.2, 0) is 16.6 Å². The first-order valence-corrected chi connectivity index (χ1v) is 11.9. The zero-order chi connectivity index (χ0) is 21.7. The molecule has 1 aliphatic heterocycles. The molecule has 30 heavy (non-hydrogen) atoms. The van der Waals surface area contributed by atoms with E-state index in [2.05, 4.69) is 5.32 Å². The zero-order valence-electron chi connectivity index (χ0n) is 16.7. The summed E-state index contributed by atoms with van der Waals surface area (Å²) >= 11 is 12.1. The first kappa shape index (κ1) is 22.9. The Balaban J connectivity index is 1.83. The van der Waals surface area contributed by atoms with Crippen molar-refractivity contribution in [2.75, 3.05) is 20.2 Å². The Bertz CT molecular complexity index is 1020. The number of carbonyl (C=O) groups excluding carboxylic acids is 1. The Morgan fingerprint density at radius 3 is 2.40 bits per heavy atom. The van der Waals surface area contributed by atoms with Crippen molar-refractivity contribution in [3.63, 3.8) is 0 Å². The molecule has 162 valence electrons. The third kappa shape index (κ3) is 5.27. The SMILES string of the molecule is COc1ccc(S(=O)(=O)N2CCCCCC2)cc1C(=O)NCc1ccc(Cl)cc1Cl. The number of hydrogen-bond donors (Lipinski definition) is 1. The highest BCUT2D eigenvalue weighted by Crippen LogP contribution is 2.27. The molecule has 1 N–H and O–H groups in total. The quantitative estimate of drug-likeness (QED) is 0.674. The fourth-order valence-electron chi connectivity index (χ4n) is 3.39. The van der Waals surface area contributed by atoms with Crippen molar-refractivity contribution in [3.8, 4) is 5.75 Å². The third-order valence-corrected chi connectivity index (χ3v) is 7.55. The first-order chi connectivity index (χ1) is 14.3. The van der Waals surface area contributed by atoms with Gasteiger partial charge < -0.3 is 10.1 Å². The summed E-state index contributed by atoms with van der Waals surface area (Å²) in [5.41, 5.74) is 0.847. The van der Waals surface area contributed by atoms with Crippen LogP contribution in [0.5, 0.6) is 5.75 Å². The molecule has 6 nitrogen and oxygen atoms in total. The van der Waals surface area contributed by atoms with E-state index in [0.717, 1.165) is 25.7 Å². The van der Waals surface area contributed by atoms with Crippen LogP contribution in [0.4, 0.5) is 0 Å². The van der Waals surface area contributed by atoms with Gasteiger partial charge in [0.25, 0.3) is 5.91 Å². The van der Waals surface area contributed by atoms with E-state index in [0.29, 0.717) is 34.4 Å². The van der Waals surface area contributed by atoms with Gasteiger partial charge >= 0.3 is 0 Å². The van der Waals surface area contributed by atoms with Gasteiger partial charge in [-0.15, -0.1) is 0 Å². The lowest BCUT2D eigenvalue weighted by atomic mass is 10.1. The predicted molar refractivity (Wildman–Crippen MR) is 118 cm³/mol. The van der Waals surface area contributed by atoms with Crippen LogP contribution in [0.1, 0.15) is 41.6 Å². The van der Waals surface area contributed by atoms with Gasteiger partial charge in [0.2, 0.25) is 10.0 Å². The summed E-state index contributed by atoms with van der Waals surface area (Å²) < 4.78 is 33.0. The second kappa shape index (κ2) is 10.0. The number of nitrogens with one attached hydrogen (secondary N) is 1. The predicted octanol–water partition coefficient (Wildman–Crippen LogP) is 4.50. The van der Waals surface area contributed by atoms with Gasteiger partial charge in [0, 0.05) is 29.7 Å². The van der Waals surface area contributed by atoms with Gasteiger partial charge in [-0.2, -0.15) is 4.31 Å². The number of carbonyl (C=O) groups is 1. The van der Waals surface area contributed by atoms with Crippen LogP contribution in [0.3, 0.4) is 0 Å². The normalized spacial score (nSPS) is 15.4. The number of rotatable bonds is 6. The standard InChI is InChI=1S/C21H24Cl2N2O4S/c1-29-20-9-8-17(30(27,28)25-10-4-2-3-5-11-25)13-18(20)21(26)24-14-15-6-7-16(22)12-19(15)23/h6-9,12-13H,2-5,10-11,14H2,1H3,(H,24,26). The Morgan fingerprint density at radius 2 is 1.77 bits per heavy atom. The minimum absolute atomic E-state index is 0.0832. The highest BCUT2D eigenvalue weighted by Gasteiger charge is 2.27. The molecule has 1 heterocycles. The maximum atomic E-state index is 13.1. The Morgan fingerprint density at radius 1 is 1.07 bits per heavy atom. The van der Waals surface area contributed by atoms with Crippen molar-refractivity contribution in [1.82, 2.24) is 9.62 Å². The van der Waals surface area contributed by atoms with Crippen molar-refractivity contribution < 1.29 is 17.9 Å². The van der Waals surface area contributed by atoms with E-state index in [-0.39, 0.29) is 17.0 Å². The molecule has 2 aromatic rings. The van der Waals surface area contributed by atoms with Crippen LogP contribution in [0.25, 0.3) is 0 Å². The molecule has 1 amide bonds. The smallest absolute Gasteiger partial charge is 0.255 e. The van der Waals surface area contributed by atoms with Crippen LogP contribution in [0, 0.1) is 0 Å². The molecular weight excluding hydrogens is 447 g/mol. The van der Waals surface area contributed by atoms with E-state index in [9.17, 15) is 13.2 Å². The number of amides is 1. The molecule has 1 saturated heterocycles. The first-order valence-electron chi connectivity index (χ1n) is 9.73. The highest BCUT2D eigenvalue weighted by atomic mass is 35.5. The number of sulfonamides is 1. The van der Waals surface area contributed by atoms with Crippen LogP contribution in [0.2, 0.25) is 10.0 Å². The van der Waals surface area contributed by atoms with Crippen LogP contribution in [-0.4, -0.2) is 38.8 Å². The van der Waals surface area contributed by atoms with Gasteiger partial charge in [-0.3, -0.25) is 4.79 Å². The summed E-state index contributed by atoms with van der Waals surface area (Å²) in [6, 6.07) is 9.37. The molecule has 0 saturated carbocycles. The molecule has 0 bridgehead atoms. The monoisotopic (exact) mass is 470 g/mol. The molecule has 9 heteroatoms. The van der Waals surface area contributed by atoms with Gasteiger partial charge in [0.1, 0.15) is 5.75 Å². The molecule has 1 fully saturated rings. The number of benzene rings is 2. The van der Waals surface area contributed by atoms with Crippen molar-refractivity contribution in [2.24, 2.45) is 0 Å². The summed E-state index contributed by atoms with van der Waals surface area (Å²) in [5, 5.41) is 3.70. The zero-order valence-corrected chi connectivity index (χ0v) is 19.0. The topological polar surface area (TPSA) is 75.7 Å². The van der Waals surface area contributed by atoms with Gasteiger partial charge in [0.05, 0.1) is 17.6 Å². The molecule has 0 radical (unpaired) electrons. The summed E-state index contributed by atoms with van der Waals surface area (Å²) in [4.78, 5) is 12.9. The van der Waals surface area contributed by atoms with Gasteiger partial charge in [-0.25, -0.2) is 8.42 Å². The maximum Gasteiger partial charge on any atom is 0.255 e. The highest BCUT2D eigenvalue weighted by molar-refractivity contribution is 7.89. The molecule has 0 aliphatic carbocycles. The molecule has 0 aromatic heterocycles. The van der Waals surface area contributed by atoms with E-state index in [1.165, 1.54) is 29.6 Å². The fraction of sp³-hybridized carbons (Fsp3) is 0.381. The summed E-state index contributed by atoms with van der Waals surface area (Å²) in [6.07, 6.45) is 3.72. The van der Waals surface area contributed by atoms with Gasteiger partial charge in [-0.1, -0.05) is 42.1 Å². The van der Waals surface area contributed by atoms with Crippen LogP contribution >= 0.6 is 23.2 Å². The van der Waals surface area contributed by atoms with E-state index in [1.54, 1.807) is 18.2 Å². The van der Waals surface area contributed by atoms with Gasteiger partial charge in [-0.05, 0) is 48.7 Å². The second-order valence-electron chi connectivity index (χ2n) is 7.10. The van der Waals surface area contributed by atoms with E-state index >= 15 is 0 Å². The van der Waals surface area contributed by atoms with Crippen molar-refractivity contribution >= 4 is 39.1 Å². The lowest BCUT2D eigenvalue weighted by Gasteiger charge is -2.20. The van der Waals surface area contributed by atoms with Crippen molar-refractivity contribution in [1.29, 1.82) is 0 Å². The Hall–Kier alpha value is -1.80. The molecule has 3 rings (SSSR count). The number of methoxy groups -OCH3 is 1. The average molecular weight is 471 g/mol. The minimum atomic E-state index is -3.68. The van der Waals surface area contributed by atoms with E-state index < -0.39 is 15.9 Å². The fourth-order valence-corrected chi connectivity index (χ4v) is 5.41. The number of halogens is 2. The molecule has 1 aliphatic rings. The average Bonchev–Trinajstić information content (AvgIpc) is 3.02. The lowest BCUT2D eigenvalue weighted by molar-refractivity contribution is 0.0947. The van der Waals surface area contributed by atoms with Gasteiger partial charge in [0.15, 0.2) is 0 Å².